The third-order valence-electron chi connectivity index (χ3n) is 4.85. The van der Waals surface area contributed by atoms with Gasteiger partial charge in [0.15, 0.2) is 0 Å². The predicted molar refractivity (Wildman–Crippen MR) is 100 cm³/mol. The highest BCUT2D eigenvalue weighted by atomic mass is 19.1. The molecule has 8 heteroatoms. The summed E-state index contributed by atoms with van der Waals surface area (Å²) < 4.78 is 19.1. The molecule has 7 nitrogen and oxygen atoms in total. The lowest BCUT2D eigenvalue weighted by Crippen LogP contribution is -2.49. The first-order valence-electron chi connectivity index (χ1n) is 9.13. The molecule has 2 heterocycles. The van der Waals surface area contributed by atoms with Gasteiger partial charge in [-0.2, -0.15) is 0 Å². The van der Waals surface area contributed by atoms with Gasteiger partial charge in [0.05, 0.1) is 11.3 Å². The molecule has 0 radical (unpaired) electrons. The molecule has 1 aliphatic heterocycles. The van der Waals surface area contributed by atoms with Crippen molar-refractivity contribution in [2.24, 2.45) is 11.7 Å². The fourth-order valence-corrected chi connectivity index (χ4v) is 3.46. The number of hydrogen-bond donors (Lipinski definition) is 1. The van der Waals surface area contributed by atoms with E-state index in [1.54, 1.807) is 30.9 Å². The zero-order chi connectivity index (χ0) is 20.3. The van der Waals surface area contributed by atoms with Crippen LogP contribution in [0.25, 0.3) is 0 Å². The molecule has 1 aromatic carbocycles. The normalized spacial score (nSPS) is 19.3. The number of benzene rings is 1. The number of nitrogens with two attached hydrogens (primary N) is 1. The quantitative estimate of drug-likeness (QED) is 0.848. The second kappa shape index (κ2) is 8.33. The lowest BCUT2D eigenvalue weighted by molar-refractivity contribution is -0.120. The number of rotatable bonds is 5. The summed E-state index contributed by atoms with van der Waals surface area (Å²) in [4.78, 5) is 34.5. The van der Waals surface area contributed by atoms with E-state index in [4.69, 9.17) is 10.5 Å². The van der Waals surface area contributed by atoms with E-state index in [9.17, 15) is 14.0 Å². The minimum Gasteiger partial charge on any atom is -0.490 e. The number of halogens is 1. The first kappa shape index (κ1) is 19.7. The van der Waals surface area contributed by atoms with Gasteiger partial charge in [-0.05, 0) is 38.1 Å². The van der Waals surface area contributed by atoms with Crippen LogP contribution in [0, 0.1) is 25.6 Å². The van der Waals surface area contributed by atoms with Gasteiger partial charge in [-0.15, -0.1) is 0 Å². The van der Waals surface area contributed by atoms with Crippen LogP contribution in [0.1, 0.15) is 34.7 Å². The van der Waals surface area contributed by atoms with E-state index >= 15 is 0 Å². The van der Waals surface area contributed by atoms with E-state index in [-0.39, 0.29) is 30.2 Å². The van der Waals surface area contributed by atoms with Gasteiger partial charge in [0.2, 0.25) is 5.91 Å². The average Bonchev–Trinajstić information content (AvgIpc) is 2.64. The van der Waals surface area contributed by atoms with Crippen LogP contribution >= 0.6 is 0 Å². The molecule has 0 spiro atoms. The van der Waals surface area contributed by atoms with Crippen molar-refractivity contribution in [2.45, 2.75) is 32.8 Å². The highest BCUT2D eigenvalue weighted by molar-refractivity contribution is 5.95. The van der Waals surface area contributed by atoms with Crippen molar-refractivity contribution < 1.29 is 18.7 Å². The molecule has 3 rings (SSSR count). The van der Waals surface area contributed by atoms with Gasteiger partial charge in [-0.3, -0.25) is 9.59 Å². The molecule has 2 amide bonds. The molecular formula is C20H23FN4O3. The van der Waals surface area contributed by atoms with Crippen LogP contribution in [-0.4, -0.2) is 45.9 Å². The fraction of sp³-hybridized carbons (Fsp3) is 0.400. The maximum atomic E-state index is 13.1. The molecule has 2 atom stereocenters. The maximum Gasteiger partial charge on any atom is 0.257 e. The van der Waals surface area contributed by atoms with Gasteiger partial charge < -0.3 is 15.4 Å². The van der Waals surface area contributed by atoms with Crippen molar-refractivity contribution in [3.63, 3.8) is 0 Å². The van der Waals surface area contributed by atoms with Gasteiger partial charge in [-0.1, -0.05) is 0 Å². The summed E-state index contributed by atoms with van der Waals surface area (Å²) in [6.45, 7) is 4.34. The number of piperidine rings is 1. The van der Waals surface area contributed by atoms with Crippen LogP contribution in [0.15, 0.2) is 30.5 Å². The number of hydrogen-bond acceptors (Lipinski definition) is 5. The molecule has 1 aromatic heterocycles. The Balaban J connectivity index is 1.74. The largest absolute Gasteiger partial charge is 0.490 e. The number of primary amides is 1. The Morgan fingerprint density at radius 3 is 2.64 bits per heavy atom. The van der Waals surface area contributed by atoms with Crippen LogP contribution in [0.4, 0.5) is 4.39 Å². The fourth-order valence-electron chi connectivity index (χ4n) is 3.46. The van der Waals surface area contributed by atoms with Gasteiger partial charge in [0.1, 0.15) is 23.5 Å². The number of ether oxygens (including phenoxy) is 1. The molecule has 2 aromatic rings. The molecule has 1 aliphatic rings. The Bertz CT molecular complexity index is 872. The zero-order valence-electron chi connectivity index (χ0n) is 15.9. The number of likely N-dealkylation sites (tertiary alicyclic amines) is 1. The molecule has 0 saturated carbocycles. The molecule has 0 aliphatic carbocycles. The summed E-state index contributed by atoms with van der Waals surface area (Å²) in [7, 11) is 0. The van der Waals surface area contributed by atoms with E-state index in [1.807, 2.05) is 0 Å². The zero-order valence-corrected chi connectivity index (χ0v) is 15.9. The Morgan fingerprint density at radius 2 is 2.00 bits per heavy atom. The number of carbonyl (C=O) groups excluding carboxylic acids is 2. The summed E-state index contributed by atoms with van der Waals surface area (Å²) in [6, 6.07) is 5.72. The molecule has 2 N–H and O–H groups in total. The molecule has 1 saturated heterocycles. The Kier molecular flexibility index (Phi) is 5.87. The highest BCUT2D eigenvalue weighted by Crippen LogP contribution is 2.27. The van der Waals surface area contributed by atoms with E-state index < -0.39 is 5.91 Å². The average molecular weight is 386 g/mol. The summed E-state index contributed by atoms with van der Waals surface area (Å²) in [6.07, 6.45) is 1.87. The van der Waals surface area contributed by atoms with E-state index in [0.29, 0.717) is 42.3 Å². The summed E-state index contributed by atoms with van der Waals surface area (Å²) in [5.74, 6) is -0.117. The van der Waals surface area contributed by atoms with Crippen molar-refractivity contribution >= 4 is 11.8 Å². The number of carbonyl (C=O) groups is 2. The van der Waals surface area contributed by atoms with Crippen molar-refractivity contribution in [2.75, 3.05) is 13.1 Å². The monoisotopic (exact) mass is 386 g/mol. The molecule has 0 bridgehead atoms. The summed E-state index contributed by atoms with van der Waals surface area (Å²) in [5.41, 5.74) is 6.47. The molecular weight excluding hydrogens is 363 g/mol. The molecule has 148 valence electrons. The van der Waals surface area contributed by atoms with E-state index in [1.165, 1.54) is 18.3 Å². The van der Waals surface area contributed by atoms with E-state index in [0.717, 1.165) is 0 Å². The number of nitrogens with zero attached hydrogens (tertiary/aromatic N) is 3. The molecule has 28 heavy (non-hydrogen) atoms. The second-order valence-electron chi connectivity index (χ2n) is 7.00. The second-order valence-corrected chi connectivity index (χ2v) is 7.00. The smallest absolute Gasteiger partial charge is 0.257 e. The summed E-state index contributed by atoms with van der Waals surface area (Å²) >= 11 is 0. The Morgan fingerprint density at radius 1 is 1.29 bits per heavy atom. The van der Waals surface area contributed by atoms with Gasteiger partial charge in [0.25, 0.3) is 5.91 Å². The van der Waals surface area contributed by atoms with Crippen molar-refractivity contribution in [1.82, 2.24) is 14.9 Å². The number of aromatic nitrogens is 2. The lowest BCUT2D eigenvalue weighted by Gasteiger charge is -2.38. The molecule has 0 unspecified atom stereocenters. The van der Waals surface area contributed by atoms with Gasteiger partial charge in [0, 0.05) is 38.0 Å². The third kappa shape index (κ3) is 4.62. The highest BCUT2D eigenvalue weighted by Gasteiger charge is 2.34. The first-order valence-corrected chi connectivity index (χ1v) is 9.13. The van der Waals surface area contributed by atoms with Crippen LogP contribution in [0.3, 0.4) is 0 Å². The first-order chi connectivity index (χ1) is 13.3. The van der Waals surface area contributed by atoms with Crippen LogP contribution in [0.2, 0.25) is 0 Å². The van der Waals surface area contributed by atoms with Crippen molar-refractivity contribution in [3.05, 3.63) is 53.4 Å². The van der Waals surface area contributed by atoms with Gasteiger partial charge in [-0.25, -0.2) is 14.4 Å². The van der Waals surface area contributed by atoms with Crippen LogP contribution < -0.4 is 10.5 Å². The Labute approximate surface area is 162 Å². The lowest BCUT2D eigenvalue weighted by atomic mass is 9.90. The van der Waals surface area contributed by atoms with Crippen molar-refractivity contribution in [3.8, 4) is 5.75 Å². The van der Waals surface area contributed by atoms with Gasteiger partial charge >= 0.3 is 0 Å². The number of aryl methyl sites for hydroxylation is 2. The standard InChI is InChI=1S/C20H23FN4O3/c1-12-17(10-23-13(2)24-12)20(27)25-8-7-18(14(11-25)9-19(22)26)28-16-5-3-15(21)4-6-16/h3-6,10,14,18H,7-9,11H2,1-2H3,(H2,22,26)/t14-,18-/m0/s1. The van der Waals surface area contributed by atoms with Crippen molar-refractivity contribution in [1.29, 1.82) is 0 Å². The topological polar surface area (TPSA) is 98.4 Å². The van der Waals surface area contributed by atoms with Crippen LogP contribution in [-0.2, 0) is 4.79 Å². The minimum absolute atomic E-state index is 0.0963. The van der Waals surface area contributed by atoms with E-state index in [2.05, 4.69) is 9.97 Å². The summed E-state index contributed by atoms with van der Waals surface area (Å²) in [5, 5.41) is 0. The number of amides is 2. The maximum absolute atomic E-state index is 13.1. The molecule has 1 fully saturated rings. The third-order valence-corrected chi connectivity index (χ3v) is 4.85. The SMILES string of the molecule is Cc1ncc(C(=O)N2CC[C@H](Oc3ccc(F)cc3)[C@@H](CC(N)=O)C2)c(C)n1. The minimum atomic E-state index is -0.457. The Hall–Kier alpha value is -3.03. The van der Waals surface area contributed by atoms with Crippen LogP contribution in [0.5, 0.6) is 5.75 Å². The predicted octanol–water partition coefficient (Wildman–Crippen LogP) is 2.02.